The van der Waals surface area contributed by atoms with Gasteiger partial charge in [0.1, 0.15) is 0 Å². The second kappa shape index (κ2) is 23.1. The van der Waals surface area contributed by atoms with Crippen molar-refractivity contribution in [1.82, 2.24) is 0 Å². The van der Waals surface area contributed by atoms with Gasteiger partial charge in [0.25, 0.3) is 0 Å². The topological polar surface area (TPSA) is 57.5 Å². The van der Waals surface area contributed by atoms with E-state index in [-0.39, 0.29) is 6.23 Å². The van der Waals surface area contributed by atoms with Gasteiger partial charge in [0, 0.05) is 12.8 Å². The van der Waals surface area contributed by atoms with Gasteiger partial charge >= 0.3 is 5.97 Å². The molecule has 33 heavy (non-hydrogen) atoms. The summed E-state index contributed by atoms with van der Waals surface area (Å²) < 4.78 is 0.730. The Labute approximate surface area is 207 Å². The molecule has 0 aliphatic rings. The van der Waals surface area contributed by atoms with Gasteiger partial charge < -0.3 is 14.7 Å². The van der Waals surface area contributed by atoms with Gasteiger partial charge in [0.2, 0.25) is 0 Å². The van der Waals surface area contributed by atoms with Gasteiger partial charge in [-0.05, 0) is 25.7 Å². The average molecular weight is 471 g/mol. The van der Waals surface area contributed by atoms with Crippen LogP contribution in [0.2, 0.25) is 0 Å². The summed E-state index contributed by atoms with van der Waals surface area (Å²) in [6.07, 6.45) is 28.0. The van der Waals surface area contributed by atoms with Gasteiger partial charge in [0.15, 0.2) is 6.23 Å². The number of quaternary nitrogens is 1. The molecule has 198 valence electrons. The largest absolute Gasteiger partial charge is 0.481 e. The first-order valence-electron chi connectivity index (χ1n) is 14.6. The summed E-state index contributed by atoms with van der Waals surface area (Å²) in [5, 5.41) is 19.3. The van der Waals surface area contributed by atoms with Crippen LogP contribution in [0.3, 0.4) is 0 Å². The van der Waals surface area contributed by atoms with E-state index in [1.807, 2.05) is 0 Å². The summed E-state index contributed by atoms with van der Waals surface area (Å²) in [6.45, 7) is 3.33. The molecule has 1 atom stereocenters. The third kappa shape index (κ3) is 22.9. The number of hydrogen-bond donors (Lipinski definition) is 2. The molecule has 0 rings (SSSR count). The number of nitrogens with zero attached hydrogens (tertiary/aromatic N) is 1. The second-order valence-electron chi connectivity index (χ2n) is 11.0. The van der Waals surface area contributed by atoms with Crippen LogP contribution in [0.25, 0.3) is 0 Å². The van der Waals surface area contributed by atoms with E-state index >= 15 is 0 Å². The fourth-order valence-electron chi connectivity index (χ4n) is 4.70. The van der Waals surface area contributed by atoms with E-state index in [4.69, 9.17) is 5.11 Å². The molecule has 0 bridgehead atoms. The van der Waals surface area contributed by atoms with Crippen LogP contribution in [-0.4, -0.2) is 47.5 Å². The molecule has 0 spiro atoms. The van der Waals surface area contributed by atoms with Crippen LogP contribution in [-0.2, 0) is 4.79 Å². The highest BCUT2D eigenvalue weighted by Gasteiger charge is 2.24. The predicted octanol–water partition coefficient (Wildman–Crippen LogP) is 8.46. The molecular formula is C29H60NO3+. The molecule has 0 aliphatic heterocycles. The molecule has 0 aromatic carbocycles. The summed E-state index contributed by atoms with van der Waals surface area (Å²) in [7, 11) is 4.35. The Morgan fingerprint density at radius 1 is 0.606 bits per heavy atom. The number of unbranched alkanes of at least 4 members (excludes halogenated alkanes) is 19. The lowest BCUT2D eigenvalue weighted by atomic mass is 10.0. The molecule has 4 nitrogen and oxygen atoms in total. The lowest BCUT2D eigenvalue weighted by Gasteiger charge is -2.35. The molecule has 0 aromatic rings. The summed E-state index contributed by atoms with van der Waals surface area (Å²) in [5.41, 5.74) is 0. The smallest absolute Gasteiger partial charge is 0.303 e. The fourth-order valence-corrected chi connectivity index (χ4v) is 4.70. The number of carboxylic acids is 1. The first-order valence-corrected chi connectivity index (χ1v) is 14.6. The third-order valence-corrected chi connectivity index (χ3v) is 7.25. The highest BCUT2D eigenvalue weighted by Crippen LogP contribution is 2.17. The molecule has 0 aliphatic carbocycles. The number of carbonyl (C=O) groups is 1. The SMILES string of the molecule is CCCCCCCCCCCCCCCC(O)[N+](C)(C)CCCCCCCCCCC(=O)O. The first-order chi connectivity index (χ1) is 15.9. The maximum Gasteiger partial charge on any atom is 0.303 e. The molecule has 0 saturated heterocycles. The lowest BCUT2D eigenvalue weighted by molar-refractivity contribution is -0.937. The summed E-state index contributed by atoms with van der Waals surface area (Å²) in [5.74, 6) is -0.674. The highest BCUT2D eigenvalue weighted by atomic mass is 16.4. The Balaban J connectivity index is 3.47. The second-order valence-corrected chi connectivity index (χ2v) is 11.0. The Hall–Kier alpha value is -0.610. The van der Waals surface area contributed by atoms with Crippen LogP contribution in [0.1, 0.15) is 155 Å². The minimum atomic E-state index is -0.674. The van der Waals surface area contributed by atoms with Gasteiger partial charge in [-0.15, -0.1) is 0 Å². The molecule has 0 aromatic heterocycles. The number of carboxylic acid groups (broad SMARTS) is 1. The summed E-state index contributed by atoms with van der Waals surface area (Å²) in [6, 6.07) is 0. The van der Waals surface area contributed by atoms with E-state index in [2.05, 4.69) is 21.0 Å². The molecule has 2 N–H and O–H groups in total. The average Bonchev–Trinajstić information content (AvgIpc) is 2.77. The van der Waals surface area contributed by atoms with Gasteiger partial charge in [-0.25, -0.2) is 0 Å². The first kappa shape index (κ1) is 32.4. The molecule has 0 radical (unpaired) electrons. The number of aliphatic hydroxyl groups excluding tert-OH is 1. The van der Waals surface area contributed by atoms with Gasteiger partial charge in [-0.3, -0.25) is 4.79 Å². The van der Waals surface area contributed by atoms with Crippen molar-refractivity contribution in [2.75, 3.05) is 20.6 Å². The molecule has 0 fully saturated rings. The van der Waals surface area contributed by atoms with E-state index in [1.165, 1.54) is 109 Å². The van der Waals surface area contributed by atoms with Crippen molar-refractivity contribution in [3.8, 4) is 0 Å². The molecule has 0 heterocycles. The van der Waals surface area contributed by atoms with Crippen LogP contribution in [0.5, 0.6) is 0 Å². The van der Waals surface area contributed by atoms with Gasteiger partial charge in [-0.2, -0.15) is 0 Å². The molecule has 0 amide bonds. The van der Waals surface area contributed by atoms with Crippen molar-refractivity contribution in [1.29, 1.82) is 0 Å². The van der Waals surface area contributed by atoms with Crippen LogP contribution in [0.4, 0.5) is 0 Å². The number of hydrogen-bond acceptors (Lipinski definition) is 2. The molecule has 4 heteroatoms. The van der Waals surface area contributed by atoms with Crippen molar-refractivity contribution in [3.63, 3.8) is 0 Å². The van der Waals surface area contributed by atoms with Crippen molar-refractivity contribution in [3.05, 3.63) is 0 Å². The molecule has 0 saturated carbocycles. The van der Waals surface area contributed by atoms with E-state index < -0.39 is 5.97 Å². The monoisotopic (exact) mass is 470 g/mol. The fraction of sp³-hybridized carbons (Fsp3) is 0.966. The minimum Gasteiger partial charge on any atom is -0.481 e. The summed E-state index contributed by atoms with van der Waals surface area (Å²) in [4.78, 5) is 10.5. The highest BCUT2D eigenvalue weighted by molar-refractivity contribution is 5.66. The zero-order valence-electron chi connectivity index (χ0n) is 22.8. The quantitative estimate of drug-likeness (QED) is 0.0757. The van der Waals surface area contributed by atoms with Gasteiger partial charge in [-0.1, -0.05) is 116 Å². The number of aliphatic carboxylic acids is 1. The summed E-state index contributed by atoms with van der Waals surface area (Å²) >= 11 is 0. The van der Waals surface area contributed by atoms with Crippen molar-refractivity contribution < 1.29 is 19.5 Å². The van der Waals surface area contributed by atoms with E-state index in [9.17, 15) is 9.90 Å². The lowest BCUT2D eigenvalue weighted by Crippen LogP contribution is -2.49. The maximum atomic E-state index is 10.6. The van der Waals surface area contributed by atoms with Crippen LogP contribution in [0, 0.1) is 0 Å². The zero-order valence-corrected chi connectivity index (χ0v) is 22.8. The predicted molar refractivity (Wildman–Crippen MR) is 142 cm³/mol. The Morgan fingerprint density at radius 3 is 1.39 bits per heavy atom. The minimum absolute atomic E-state index is 0.230. The Bertz CT molecular complexity index is 425. The van der Waals surface area contributed by atoms with Crippen LogP contribution in [0.15, 0.2) is 0 Å². The van der Waals surface area contributed by atoms with Crippen molar-refractivity contribution in [2.45, 2.75) is 161 Å². The van der Waals surface area contributed by atoms with E-state index in [0.29, 0.717) is 6.42 Å². The van der Waals surface area contributed by atoms with Crippen molar-refractivity contribution in [2.24, 2.45) is 0 Å². The normalized spacial score (nSPS) is 12.8. The zero-order chi connectivity index (χ0) is 24.6. The number of rotatable bonds is 26. The molecular weight excluding hydrogens is 410 g/mol. The third-order valence-electron chi connectivity index (χ3n) is 7.25. The van der Waals surface area contributed by atoms with E-state index in [0.717, 1.165) is 43.1 Å². The molecule has 1 unspecified atom stereocenters. The van der Waals surface area contributed by atoms with Crippen molar-refractivity contribution >= 4 is 5.97 Å². The van der Waals surface area contributed by atoms with Gasteiger partial charge in [0.05, 0.1) is 20.6 Å². The van der Waals surface area contributed by atoms with Crippen LogP contribution < -0.4 is 0 Å². The Kier molecular flexibility index (Phi) is 22.7. The van der Waals surface area contributed by atoms with E-state index in [1.54, 1.807) is 0 Å². The maximum absolute atomic E-state index is 10.6. The Morgan fingerprint density at radius 2 is 0.970 bits per heavy atom. The standard InChI is InChI=1S/C29H59NO3/c1-4-5-6-7-8-9-10-11-12-13-16-19-22-25-28(31)30(2,3)27-24-21-18-15-14-17-20-23-26-29(32)33/h28,31H,4-27H2,1-3H3/p+1. The number of aliphatic hydroxyl groups is 1. The van der Waals surface area contributed by atoms with Crippen LogP contribution >= 0.6 is 0 Å².